The maximum Gasteiger partial charge on any atom is 0.247 e. The van der Waals surface area contributed by atoms with Gasteiger partial charge in [-0.15, -0.1) is 0 Å². The van der Waals surface area contributed by atoms with Gasteiger partial charge in [0.05, 0.1) is 6.04 Å². The third kappa shape index (κ3) is 4.54. The first-order chi connectivity index (χ1) is 15.7. The largest absolute Gasteiger partial charge is 0.375 e. The van der Waals surface area contributed by atoms with E-state index in [0.717, 1.165) is 11.1 Å². The summed E-state index contributed by atoms with van der Waals surface area (Å²) in [6, 6.07) is 11.1. The van der Waals surface area contributed by atoms with Gasteiger partial charge in [0.15, 0.2) is 5.76 Å². The van der Waals surface area contributed by atoms with Crippen molar-refractivity contribution < 1.29 is 26.9 Å². The van der Waals surface area contributed by atoms with E-state index >= 15 is 0 Å². The van der Waals surface area contributed by atoms with E-state index in [1.54, 1.807) is 7.11 Å². The van der Waals surface area contributed by atoms with Gasteiger partial charge in [-0.2, -0.15) is 4.72 Å². The van der Waals surface area contributed by atoms with E-state index in [1.165, 1.54) is 38.1 Å². The molecule has 1 aliphatic rings. The van der Waals surface area contributed by atoms with Crippen LogP contribution in [0.1, 0.15) is 40.3 Å². The Hall–Kier alpha value is -3.08. The quantitative estimate of drug-likeness (QED) is 0.546. The van der Waals surface area contributed by atoms with Gasteiger partial charge in [0, 0.05) is 7.11 Å². The van der Waals surface area contributed by atoms with Crippen molar-refractivity contribution in [2.45, 2.75) is 43.4 Å². The minimum Gasteiger partial charge on any atom is -0.375 e. The summed E-state index contributed by atoms with van der Waals surface area (Å²) in [5.41, 5.74) is 2.47. The van der Waals surface area contributed by atoms with Crippen LogP contribution in [0.25, 0.3) is 0 Å². The number of aryl methyl sites for hydroxylation is 2. The Morgan fingerprint density at radius 3 is 2.52 bits per heavy atom. The zero-order valence-corrected chi connectivity index (χ0v) is 19.1. The molecule has 1 amide bonds. The molecule has 1 aliphatic carbocycles. The van der Waals surface area contributed by atoms with Gasteiger partial charge in [0.25, 0.3) is 0 Å². The highest BCUT2D eigenvalue weighted by Gasteiger charge is 2.37. The zero-order chi connectivity index (χ0) is 23.8. The molecule has 4 rings (SSSR count). The lowest BCUT2D eigenvalue weighted by molar-refractivity contribution is -0.124. The molecule has 8 nitrogen and oxygen atoms in total. The molecule has 174 valence electrons. The molecule has 3 atom stereocenters. The van der Waals surface area contributed by atoms with Gasteiger partial charge in [0.2, 0.25) is 15.9 Å². The smallest absolute Gasteiger partial charge is 0.247 e. The van der Waals surface area contributed by atoms with Crippen LogP contribution in [0.15, 0.2) is 57.9 Å². The number of carbonyl (C=O) groups is 1. The van der Waals surface area contributed by atoms with Gasteiger partial charge < -0.3 is 14.6 Å². The minimum atomic E-state index is -4.18. The molecular weight excluding hydrogens is 449 g/mol. The number of benzene rings is 2. The summed E-state index contributed by atoms with van der Waals surface area (Å²) in [7, 11) is -2.62. The molecule has 3 aromatic rings. The maximum absolute atomic E-state index is 13.5. The molecule has 0 bridgehead atoms. The van der Waals surface area contributed by atoms with Crippen LogP contribution in [-0.2, 0) is 26.0 Å². The predicted molar refractivity (Wildman–Crippen MR) is 117 cm³/mol. The summed E-state index contributed by atoms with van der Waals surface area (Å²) in [4.78, 5) is 13.3. The summed E-state index contributed by atoms with van der Waals surface area (Å²) in [6.07, 6.45) is 0.158. The Bertz CT molecular complexity index is 1250. The molecule has 2 aromatic carbocycles. The van der Waals surface area contributed by atoms with Crippen LogP contribution < -0.4 is 10.0 Å². The van der Waals surface area contributed by atoms with Crippen molar-refractivity contribution in [3.05, 3.63) is 82.5 Å². The fraction of sp³-hybridized carbons (Fsp3) is 0.304. The normalized spacial score (nSPS) is 18.7. The summed E-state index contributed by atoms with van der Waals surface area (Å²) in [6.45, 7) is 2.97. The van der Waals surface area contributed by atoms with E-state index in [2.05, 4.69) is 15.2 Å². The number of nitrogens with one attached hydrogen (secondary N) is 2. The Labute approximate surface area is 191 Å². The van der Waals surface area contributed by atoms with Crippen molar-refractivity contribution in [3.63, 3.8) is 0 Å². The van der Waals surface area contributed by atoms with Crippen molar-refractivity contribution in [3.8, 4) is 0 Å². The fourth-order valence-electron chi connectivity index (χ4n) is 4.24. The Morgan fingerprint density at radius 1 is 1.18 bits per heavy atom. The Balaban J connectivity index is 1.64. The lowest BCUT2D eigenvalue weighted by Gasteiger charge is -2.24. The number of fused-ring (bicyclic) bond motifs is 1. The van der Waals surface area contributed by atoms with Crippen molar-refractivity contribution in [1.82, 2.24) is 15.2 Å². The SMILES string of the molecule is COC1c2ccccc2C[C@@H]1NC(=O)[C@@H](NS(=O)(=O)c1c(C)noc1C)c1ccc(F)cc1. The molecule has 0 spiro atoms. The third-order valence-corrected chi connectivity index (χ3v) is 7.39. The zero-order valence-electron chi connectivity index (χ0n) is 18.3. The number of nitrogens with zero attached hydrogens (tertiary/aromatic N) is 1. The van der Waals surface area contributed by atoms with Gasteiger partial charge in [-0.05, 0) is 49.1 Å². The number of carbonyl (C=O) groups excluding carboxylic acids is 1. The van der Waals surface area contributed by atoms with Crippen LogP contribution in [0, 0.1) is 19.7 Å². The highest BCUT2D eigenvalue weighted by molar-refractivity contribution is 7.89. The second-order valence-corrected chi connectivity index (χ2v) is 9.58. The standard InChI is InChI=1S/C23H24FN3O5S/c1-13-22(14(2)32-26-13)33(29,30)27-20(15-8-10-17(24)11-9-15)23(28)25-19-12-16-6-4-5-7-18(16)21(19)31-3/h4-11,19-21,27H,12H2,1-3H3,(H,25,28)/t19-,20-,21?/m0/s1. The molecule has 0 fully saturated rings. The molecule has 0 aliphatic heterocycles. The van der Waals surface area contributed by atoms with Gasteiger partial charge in [0.1, 0.15) is 28.6 Å². The van der Waals surface area contributed by atoms with Crippen molar-refractivity contribution in [1.29, 1.82) is 0 Å². The van der Waals surface area contributed by atoms with Crippen LogP contribution in [0.5, 0.6) is 0 Å². The average molecular weight is 474 g/mol. The molecule has 1 aromatic heterocycles. The number of hydrogen-bond donors (Lipinski definition) is 2. The van der Waals surface area contributed by atoms with Crippen LogP contribution in [0.3, 0.4) is 0 Å². The van der Waals surface area contributed by atoms with Crippen LogP contribution in [0.4, 0.5) is 4.39 Å². The lowest BCUT2D eigenvalue weighted by atomic mass is 10.1. The van der Waals surface area contributed by atoms with Gasteiger partial charge in [-0.25, -0.2) is 12.8 Å². The molecule has 10 heteroatoms. The number of sulfonamides is 1. The second-order valence-electron chi connectivity index (χ2n) is 7.93. The van der Waals surface area contributed by atoms with Crippen molar-refractivity contribution >= 4 is 15.9 Å². The Kier molecular flexibility index (Phi) is 6.33. The Morgan fingerprint density at radius 2 is 1.88 bits per heavy atom. The number of methoxy groups -OCH3 is 1. The lowest BCUT2D eigenvalue weighted by Crippen LogP contribution is -2.46. The highest BCUT2D eigenvalue weighted by Crippen LogP contribution is 2.34. The van der Waals surface area contributed by atoms with E-state index in [4.69, 9.17) is 9.26 Å². The van der Waals surface area contributed by atoms with E-state index in [9.17, 15) is 17.6 Å². The molecule has 0 saturated carbocycles. The maximum atomic E-state index is 13.5. The fourth-order valence-corrected chi connectivity index (χ4v) is 5.76. The first-order valence-corrected chi connectivity index (χ1v) is 11.8. The van der Waals surface area contributed by atoms with Crippen LogP contribution >= 0.6 is 0 Å². The van der Waals surface area contributed by atoms with Crippen molar-refractivity contribution in [2.24, 2.45) is 0 Å². The predicted octanol–water partition coefficient (Wildman–Crippen LogP) is 2.88. The third-order valence-electron chi connectivity index (χ3n) is 5.72. The molecule has 1 heterocycles. The number of amides is 1. The van der Waals surface area contributed by atoms with E-state index in [0.29, 0.717) is 6.42 Å². The minimum absolute atomic E-state index is 0.101. The summed E-state index contributed by atoms with van der Waals surface area (Å²) in [5.74, 6) is -0.988. The molecule has 1 unspecified atom stereocenters. The number of halogens is 1. The van der Waals surface area contributed by atoms with E-state index in [1.807, 2.05) is 24.3 Å². The van der Waals surface area contributed by atoms with E-state index in [-0.39, 0.29) is 28.0 Å². The number of ether oxygens (including phenoxy) is 1. The molecule has 33 heavy (non-hydrogen) atoms. The summed E-state index contributed by atoms with van der Waals surface area (Å²) < 4.78 is 52.8. The topological polar surface area (TPSA) is 111 Å². The molecule has 2 N–H and O–H groups in total. The summed E-state index contributed by atoms with van der Waals surface area (Å²) in [5, 5.41) is 6.60. The van der Waals surface area contributed by atoms with Gasteiger partial charge in [-0.1, -0.05) is 41.6 Å². The number of hydrogen-bond acceptors (Lipinski definition) is 6. The van der Waals surface area contributed by atoms with Crippen molar-refractivity contribution in [2.75, 3.05) is 7.11 Å². The van der Waals surface area contributed by atoms with Gasteiger partial charge >= 0.3 is 0 Å². The average Bonchev–Trinajstić information content (AvgIpc) is 3.31. The summed E-state index contributed by atoms with van der Waals surface area (Å²) >= 11 is 0. The van der Waals surface area contributed by atoms with Crippen LogP contribution in [0.2, 0.25) is 0 Å². The van der Waals surface area contributed by atoms with Gasteiger partial charge in [-0.3, -0.25) is 4.79 Å². The highest BCUT2D eigenvalue weighted by atomic mass is 32.2. The number of rotatable bonds is 7. The molecule has 0 radical (unpaired) electrons. The molecule has 0 saturated heterocycles. The first-order valence-electron chi connectivity index (χ1n) is 10.3. The van der Waals surface area contributed by atoms with E-state index < -0.39 is 33.8 Å². The second kappa shape index (κ2) is 9.05. The monoisotopic (exact) mass is 473 g/mol. The van der Waals surface area contributed by atoms with Crippen LogP contribution in [-0.4, -0.2) is 32.6 Å². The first kappa shape index (κ1) is 23.1. The number of aromatic nitrogens is 1. The molecular formula is C23H24FN3O5S.